The maximum Gasteiger partial charge on any atom is 0.222 e. The normalized spacial score (nSPS) is 23.8. The van der Waals surface area contributed by atoms with Crippen molar-refractivity contribution in [2.45, 2.75) is 36.5 Å². The summed E-state index contributed by atoms with van der Waals surface area (Å²) in [4.78, 5) is -1.07. The lowest BCUT2D eigenvalue weighted by Crippen LogP contribution is -2.32. The van der Waals surface area contributed by atoms with Crippen molar-refractivity contribution in [3.8, 4) is 5.75 Å². The highest BCUT2D eigenvalue weighted by Crippen LogP contribution is 2.43. The maximum atomic E-state index is 12.3. The van der Waals surface area contributed by atoms with E-state index in [0.717, 1.165) is 12.8 Å². The summed E-state index contributed by atoms with van der Waals surface area (Å²) in [5, 5.41) is 12.4. The van der Waals surface area contributed by atoms with E-state index < -0.39 is 14.8 Å². The molecular formula is C13H15NO4S. The molecule has 0 unspecified atom stereocenters. The van der Waals surface area contributed by atoms with Crippen LogP contribution in [-0.4, -0.2) is 24.3 Å². The van der Waals surface area contributed by atoms with Gasteiger partial charge in [0.2, 0.25) is 14.8 Å². The van der Waals surface area contributed by atoms with Crippen LogP contribution in [-0.2, 0) is 9.84 Å². The van der Waals surface area contributed by atoms with Crippen molar-refractivity contribution in [1.29, 1.82) is 0 Å². The third-order valence-corrected chi connectivity index (χ3v) is 5.88. The number of rotatable bonds is 2. The number of nitrogens with zero attached hydrogens (tertiary/aromatic N) is 1. The summed E-state index contributed by atoms with van der Waals surface area (Å²) < 4.78 is 30.1. The Hall–Kier alpha value is -1.56. The summed E-state index contributed by atoms with van der Waals surface area (Å²) in [6, 6.07) is 4.92. The van der Waals surface area contributed by atoms with Crippen molar-refractivity contribution in [2.75, 3.05) is 0 Å². The van der Waals surface area contributed by atoms with Gasteiger partial charge in [0.15, 0.2) is 0 Å². The predicted octanol–water partition coefficient (Wildman–Crippen LogP) is 2.18. The Balaban J connectivity index is 2.12. The first-order valence-electron chi connectivity index (χ1n) is 6.17. The third kappa shape index (κ3) is 1.74. The second-order valence-corrected chi connectivity index (χ2v) is 7.86. The van der Waals surface area contributed by atoms with Crippen molar-refractivity contribution < 1.29 is 18.4 Å². The molecule has 0 aromatic heterocycles. The van der Waals surface area contributed by atoms with E-state index >= 15 is 0 Å². The van der Waals surface area contributed by atoms with Crippen LogP contribution in [0.1, 0.15) is 32.3 Å². The summed E-state index contributed by atoms with van der Waals surface area (Å²) in [5.74, 6) is 0.600. The zero-order chi connectivity index (χ0) is 13.8. The van der Waals surface area contributed by atoms with Crippen LogP contribution in [0.5, 0.6) is 5.75 Å². The van der Waals surface area contributed by atoms with Gasteiger partial charge < -0.3 is 9.94 Å². The molecule has 0 radical (unpaired) electrons. The molecule has 1 saturated carbocycles. The first-order chi connectivity index (χ1) is 8.87. The Labute approximate surface area is 111 Å². The van der Waals surface area contributed by atoms with Crippen LogP contribution in [0.4, 0.5) is 0 Å². The molecule has 1 aliphatic heterocycles. The lowest BCUT2D eigenvalue weighted by atomic mass is 10.1. The predicted molar refractivity (Wildman–Crippen MR) is 69.4 cm³/mol. The molecule has 1 aromatic rings. The van der Waals surface area contributed by atoms with Gasteiger partial charge >= 0.3 is 0 Å². The van der Waals surface area contributed by atoms with Crippen LogP contribution in [0.2, 0.25) is 0 Å². The number of benzene rings is 1. The Bertz CT molecular complexity index is 672. The van der Waals surface area contributed by atoms with Crippen molar-refractivity contribution in [3.05, 3.63) is 23.8 Å². The first-order valence-corrected chi connectivity index (χ1v) is 7.65. The van der Waals surface area contributed by atoms with Crippen LogP contribution >= 0.6 is 0 Å². The Morgan fingerprint density at radius 3 is 2.68 bits per heavy atom. The molecule has 5 nitrogen and oxygen atoms in total. The molecule has 0 atom stereocenters. The number of sulfone groups is 1. The molecular weight excluding hydrogens is 266 g/mol. The van der Waals surface area contributed by atoms with E-state index in [0.29, 0.717) is 17.0 Å². The molecule has 0 spiro atoms. The fourth-order valence-corrected chi connectivity index (χ4v) is 3.66. The van der Waals surface area contributed by atoms with Gasteiger partial charge in [-0.1, -0.05) is 5.16 Å². The van der Waals surface area contributed by atoms with E-state index in [4.69, 9.17) is 9.94 Å². The van der Waals surface area contributed by atoms with Crippen LogP contribution in [0.15, 0.2) is 28.3 Å². The lowest BCUT2D eigenvalue weighted by molar-refractivity contribution is 0.204. The third-order valence-electron chi connectivity index (χ3n) is 3.60. The molecule has 0 amide bonds. The first kappa shape index (κ1) is 12.5. The van der Waals surface area contributed by atoms with Crippen LogP contribution in [0.3, 0.4) is 0 Å². The molecule has 1 N–H and O–H groups in total. The summed E-state index contributed by atoms with van der Waals surface area (Å²) in [6.45, 7) is 3.06. The Morgan fingerprint density at radius 1 is 1.42 bits per heavy atom. The van der Waals surface area contributed by atoms with E-state index in [1.807, 2.05) is 0 Å². The Morgan fingerprint density at radius 2 is 2.11 bits per heavy atom. The molecule has 1 aliphatic carbocycles. The van der Waals surface area contributed by atoms with Gasteiger partial charge in [0.25, 0.3) is 0 Å². The lowest BCUT2D eigenvalue weighted by Gasteiger charge is -2.15. The topological polar surface area (TPSA) is 76.0 Å². The monoisotopic (exact) mass is 281 g/mol. The average Bonchev–Trinajstić information content (AvgIpc) is 3.12. The Kier molecular flexibility index (Phi) is 2.44. The average molecular weight is 281 g/mol. The summed E-state index contributed by atoms with van der Waals surface area (Å²) in [7, 11) is -3.51. The number of hydrogen-bond donors (Lipinski definition) is 1. The highest BCUT2D eigenvalue weighted by Gasteiger charge is 2.46. The van der Waals surface area contributed by atoms with Crippen LogP contribution in [0.25, 0.3) is 0 Å². The molecule has 0 bridgehead atoms. The molecule has 6 heteroatoms. The van der Waals surface area contributed by atoms with Crippen molar-refractivity contribution >= 4 is 15.5 Å². The minimum absolute atomic E-state index is 0.178. The fourth-order valence-electron chi connectivity index (χ4n) is 2.28. The van der Waals surface area contributed by atoms with E-state index in [9.17, 15) is 8.42 Å². The van der Waals surface area contributed by atoms with Crippen molar-refractivity contribution in [2.24, 2.45) is 11.1 Å². The maximum absolute atomic E-state index is 12.3. The number of fused-ring (bicyclic) bond motifs is 1. The second kappa shape index (κ2) is 3.72. The number of ether oxygens (including phenoxy) is 1. The largest absolute Gasteiger partial charge is 0.470 e. The second-order valence-electron chi connectivity index (χ2n) is 5.43. The minimum atomic E-state index is -3.51. The molecule has 1 fully saturated rings. The van der Waals surface area contributed by atoms with E-state index in [-0.39, 0.29) is 10.8 Å². The van der Waals surface area contributed by atoms with Crippen LogP contribution in [0, 0.1) is 5.92 Å². The van der Waals surface area contributed by atoms with Gasteiger partial charge in [-0.3, -0.25) is 0 Å². The number of hydrogen-bond acceptors (Lipinski definition) is 5. The van der Waals surface area contributed by atoms with Gasteiger partial charge in [0, 0.05) is 11.5 Å². The molecule has 3 rings (SSSR count). The van der Waals surface area contributed by atoms with Gasteiger partial charge in [0.05, 0.1) is 5.71 Å². The quantitative estimate of drug-likeness (QED) is 0.512. The highest BCUT2D eigenvalue weighted by molar-refractivity contribution is 7.93. The smallest absolute Gasteiger partial charge is 0.222 e. The zero-order valence-corrected chi connectivity index (χ0v) is 11.6. The highest BCUT2D eigenvalue weighted by atomic mass is 32.2. The van der Waals surface area contributed by atoms with E-state index in [1.54, 1.807) is 18.2 Å². The van der Waals surface area contributed by atoms with Gasteiger partial charge in [0.1, 0.15) is 10.6 Å². The molecule has 1 heterocycles. The molecule has 1 aromatic carbocycles. The molecule has 0 saturated heterocycles. The number of oxime groups is 1. The fraction of sp³-hybridized carbons (Fsp3) is 0.462. The van der Waals surface area contributed by atoms with Crippen molar-refractivity contribution in [1.82, 2.24) is 0 Å². The summed E-state index contributed by atoms with van der Waals surface area (Å²) in [6.07, 6.45) is 1.95. The minimum Gasteiger partial charge on any atom is -0.470 e. The van der Waals surface area contributed by atoms with E-state index in [2.05, 4.69) is 5.16 Å². The summed E-state index contributed by atoms with van der Waals surface area (Å²) in [5.41, 5.74) is 1.20. The molecule has 19 heavy (non-hydrogen) atoms. The molecule has 2 aliphatic rings. The van der Waals surface area contributed by atoms with Gasteiger partial charge in [-0.2, -0.15) is 0 Å². The van der Waals surface area contributed by atoms with Gasteiger partial charge in [-0.25, -0.2) is 8.42 Å². The molecule has 102 valence electrons. The zero-order valence-electron chi connectivity index (χ0n) is 10.8. The SMILES string of the molecule is CC1(C)Oc2ccc(/C(=N\O)C3CC3)cc2S1(=O)=O. The van der Waals surface area contributed by atoms with Gasteiger partial charge in [-0.15, -0.1) is 0 Å². The van der Waals surface area contributed by atoms with E-state index in [1.165, 1.54) is 13.8 Å². The standard InChI is InChI=1S/C13H15NO4S/c1-13(2)18-10-6-5-9(7-11(10)19(13,16)17)12(14-15)8-3-4-8/h5-8,15H,3-4H2,1-2H3/b14-12-. The summed E-state index contributed by atoms with van der Waals surface area (Å²) >= 11 is 0. The van der Waals surface area contributed by atoms with Crippen molar-refractivity contribution in [3.63, 3.8) is 0 Å². The van der Waals surface area contributed by atoms with Crippen LogP contribution < -0.4 is 4.74 Å². The van der Waals surface area contributed by atoms with Gasteiger partial charge in [-0.05, 0) is 44.9 Å².